The number of sulfonamides is 2. The maximum Gasteiger partial charge on any atom is 0.407 e. The molecule has 2 fully saturated rings. The van der Waals surface area contributed by atoms with Gasteiger partial charge in [0.15, 0.2) is 0 Å². The standard InChI is InChI=1S/C32H47N3O10S.C25H35N3O6S/c1-24(2)20-35(21-30(36)29(19-25-7-5-4-6-8-25)34-32(38)45-27-13-14-43-22-27)46(39,40)28-11-9-26(10-12-28)33-31(37)23-44-18-17-42-16-15-41-3;1-18(2)15-28(35(31,32)22-10-8-20(26)9-11-22)16-24(29)23(14-19-6-4-3-5-7-19)27-25(30)34-21-12-13-33-17-21/h4-12,24,27,29-30,36H,13-23H2,1-3H3,(H,33,37)(H,34,38);3-11,18,21,23-24,29H,12-17,26H2,1-2H3,(H,27,30)/t27?,29-,30?;21-,23-,24+/m00/s1. The van der Waals surface area contributed by atoms with Crippen molar-refractivity contribution in [2.75, 3.05) is 104 Å². The molecule has 6 rings (SSSR count). The summed E-state index contributed by atoms with van der Waals surface area (Å²) in [6.45, 7) is 10.4. The SMILES string of the molecule is CC(C)CN(C[C@@H](O)[C@H](Cc1ccccc1)NC(=O)O[C@H]1CCOC1)S(=O)(=O)c1ccc(N)cc1.COCCOCCOCC(=O)Nc1ccc(S(=O)(=O)N(CC(C)C)CC(O)[C@H](Cc2ccccc2)NC(=O)OC2CCOC2)cc1. The molecule has 2 saturated heterocycles. The minimum absolute atomic E-state index is 0.00369. The van der Waals surface area contributed by atoms with Crippen LogP contribution in [0.15, 0.2) is 119 Å². The molecule has 0 radical (unpaired) electrons. The fraction of sp³-hybridized carbons (Fsp3) is 0.526. The molecule has 0 bridgehead atoms. The Morgan fingerprint density at radius 1 is 0.605 bits per heavy atom. The summed E-state index contributed by atoms with van der Waals surface area (Å²) in [5, 5.41) is 30.7. The van der Waals surface area contributed by atoms with Gasteiger partial charge in [-0.3, -0.25) is 4.79 Å². The van der Waals surface area contributed by atoms with E-state index >= 15 is 0 Å². The van der Waals surface area contributed by atoms with Crippen molar-refractivity contribution >= 4 is 49.5 Å². The highest BCUT2D eigenvalue weighted by Gasteiger charge is 2.34. The van der Waals surface area contributed by atoms with Gasteiger partial charge in [-0.15, -0.1) is 0 Å². The van der Waals surface area contributed by atoms with Gasteiger partial charge >= 0.3 is 12.2 Å². The van der Waals surface area contributed by atoms with Crippen molar-refractivity contribution in [3.63, 3.8) is 0 Å². The number of nitrogens with one attached hydrogen (secondary N) is 3. The predicted molar refractivity (Wildman–Crippen MR) is 304 cm³/mol. The van der Waals surface area contributed by atoms with Crippen LogP contribution in [0.4, 0.5) is 21.0 Å². The van der Waals surface area contributed by atoms with E-state index in [9.17, 15) is 41.4 Å². The van der Waals surface area contributed by atoms with Crippen LogP contribution in [-0.2, 0) is 70.8 Å². The van der Waals surface area contributed by atoms with Crippen LogP contribution in [0.3, 0.4) is 0 Å². The lowest BCUT2D eigenvalue weighted by atomic mass is 10.0. The summed E-state index contributed by atoms with van der Waals surface area (Å²) in [6.07, 6.45) is -2.78. The summed E-state index contributed by atoms with van der Waals surface area (Å²) < 4.78 is 93.7. The van der Waals surface area contributed by atoms with Gasteiger partial charge in [-0.2, -0.15) is 8.61 Å². The van der Waals surface area contributed by atoms with E-state index in [0.717, 1.165) is 11.1 Å². The second-order valence-corrected chi connectivity index (χ2v) is 24.4. The molecule has 24 heteroatoms. The van der Waals surface area contributed by atoms with Crippen molar-refractivity contribution in [2.24, 2.45) is 11.8 Å². The zero-order valence-corrected chi connectivity index (χ0v) is 48.6. The lowest BCUT2D eigenvalue weighted by molar-refractivity contribution is -0.121. The quantitative estimate of drug-likeness (QED) is 0.0290. The molecule has 4 aromatic rings. The average Bonchev–Trinajstić information content (AvgIpc) is 4.33. The third kappa shape index (κ3) is 23.2. The van der Waals surface area contributed by atoms with E-state index in [0.29, 0.717) is 76.9 Å². The number of amides is 3. The number of methoxy groups -OCH3 is 1. The molecule has 7 N–H and O–H groups in total. The number of nitrogen functional groups attached to an aromatic ring is 1. The summed E-state index contributed by atoms with van der Waals surface area (Å²) in [6, 6.07) is 28.8. The number of nitrogens with two attached hydrogens (primary N) is 1. The highest BCUT2D eigenvalue weighted by atomic mass is 32.2. The van der Waals surface area contributed by atoms with Crippen molar-refractivity contribution in [1.82, 2.24) is 19.2 Å². The number of aliphatic hydroxyl groups excluding tert-OH is 2. The fourth-order valence-electron chi connectivity index (χ4n) is 8.59. The Bertz CT molecular complexity index is 2700. The number of carbonyl (C=O) groups is 3. The summed E-state index contributed by atoms with van der Waals surface area (Å²) >= 11 is 0. The first-order valence-electron chi connectivity index (χ1n) is 27.2. The van der Waals surface area contributed by atoms with E-state index in [1.54, 1.807) is 7.11 Å². The van der Waals surface area contributed by atoms with Gasteiger partial charge in [0.1, 0.15) is 18.8 Å². The Kier molecular flexibility index (Phi) is 27.7. The van der Waals surface area contributed by atoms with Crippen LogP contribution in [0.25, 0.3) is 0 Å². The molecule has 4 aromatic carbocycles. The van der Waals surface area contributed by atoms with E-state index in [1.807, 2.05) is 88.4 Å². The topological polar surface area (TPSA) is 293 Å². The van der Waals surface area contributed by atoms with Gasteiger partial charge in [0, 0.05) is 57.5 Å². The van der Waals surface area contributed by atoms with Gasteiger partial charge in [-0.25, -0.2) is 26.4 Å². The zero-order chi connectivity index (χ0) is 58.8. The molecule has 2 aliphatic rings. The van der Waals surface area contributed by atoms with Crippen molar-refractivity contribution in [1.29, 1.82) is 0 Å². The maximum absolute atomic E-state index is 13.8. The minimum atomic E-state index is -4.06. The van der Waals surface area contributed by atoms with E-state index < -0.39 is 62.4 Å². The van der Waals surface area contributed by atoms with Crippen molar-refractivity contribution < 1.29 is 74.6 Å². The molecule has 2 unspecified atom stereocenters. The normalized spacial score (nSPS) is 17.0. The van der Waals surface area contributed by atoms with E-state index in [-0.39, 0.29) is 79.6 Å². The van der Waals surface area contributed by atoms with Crippen molar-refractivity contribution in [3.8, 4) is 0 Å². The molecule has 0 aromatic heterocycles. The molecule has 0 aliphatic carbocycles. The molecule has 22 nitrogen and oxygen atoms in total. The summed E-state index contributed by atoms with van der Waals surface area (Å²) in [5.41, 5.74) is 8.32. The van der Waals surface area contributed by atoms with Crippen LogP contribution in [0.1, 0.15) is 51.7 Å². The molecular weight excluding hydrogens is 1090 g/mol. The van der Waals surface area contributed by atoms with Crippen LogP contribution in [-0.4, -0.2) is 183 Å². The van der Waals surface area contributed by atoms with Gasteiger partial charge in [0.05, 0.1) is 86.9 Å². The average molecular weight is 1170 g/mol. The Morgan fingerprint density at radius 3 is 1.43 bits per heavy atom. The van der Waals surface area contributed by atoms with Crippen LogP contribution in [0, 0.1) is 11.8 Å². The lowest BCUT2D eigenvalue weighted by Crippen LogP contribution is -2.51. The van der Waals surface area contributed by atoms with Gasteiger partial charge in [-0.05, 0) is 84.3 Å². The first-order valence-corrected chi connectivity index (χ1v) is 30.0. The number of aliphatic hydroxyl groups is 2. The number of carbonyl (C=O) groups excluding carboxylic acids is 3. The number of benzene rings is 4. The van der Waals surface area contributed by atoms with E-state index in [2.05, 4.69) is 16.0 Å². The molecule has 81 heavy (non-hydrogen) atoms. The fourth-order valence-corrected chi connectivity index (χ4v) is 11.8. The molecule has 448 valence electrons. The third-order valence-corrected chi connectivity index (χ3v) is 16.4. The second kappa shape index (κ2) is 34.0. The van der Waals surface area contributed by atoms with Gasteiger partial charge < -0.3 is 65.1 Å². The van der Waals surface area contributed by atoms with Crippen LogP contribution < -0.4 is 21.7 Å². The number of rotatable bonds is 31. The monoisotopic (exact) mass is 1170 g/mol. The number of hydrogen-bond acceptors (Lipinski definition) is 17. The van der Waals surface area contributed by atoms with Crippen molar-refractivity contribution in [3.05, 3.63) is 120 Å². The number of hydrogen-bond donors (Lipinski definition) is 6. The number of nitrogens with zero attached hydrogens (tertiary/aromatic N) is 2. The first kappa shape index (κ1) is 66.0. The van der Waals surface area contributed by atoms with Gasteiger partial charge in [0.25, 0.3) is 0 Å². The van der Waals surface area contributed by atoms with Crippen LogP contribution in [0.2, 0.25) is 0 Å². The number of alkyl carbamates (subject to hydrolysis) is 2. The highest BCUT2D eigenvalue weighted by Crippen LogP contribution is 2.23. The van der Waals surface area contributed by atoms with E-state index in [4.69, 9.17) is 38.9 Å². The molecule has 2 heterocycles. The largest absolute Gasteiger partial charge is 0.444 e. The summed E-state index contributed by atoms with van der Waals surface area (Å²) in [7, 11) is -6.39. The van der Waals surface area contributed by atoms with E-state index in [1.165, 1.54) is 57.1 Å². The number of anilines is 2. The third-order valence-electron chi connectivity index (χ3n) is 12.7. The minimum Gasteiger partial charge on any atom is -0.444 e. The Morgan fingerprint density at radius 2 is 1.02 bits per heavy atom. The second-order valence-electron chi connectivity index (χ2n) is 20.5. The van der Waals surface area contributed by atoms with Crippen LogP contribution in [0.5, 0.6) is 0 Å². The predicted octanol–water partition coefficient (Wildman–Crippen LogP) is 4.84. The lowest BCUT2D eigenvalue weighted by Gasteiger charge is -2.30. The Balaban J connectivity index is 0.000000308. The molecule has 2 aliphatic heterocycles. The maximum atomic E-state index is 13.8. The smallest absolute Gasteiger partial charge is 0.407 e. The molecule has 6 atom stereocenters. The molecule has 3 amide bonds. The van der Waals surface area contributed by atoms with Crippen LogP contribution >= 0.6 is 0 Å². The molecular formula is C57H82N6O16S2. The molecule has 0 saturated carbocycles. The summed E-state index contributed by atoms with van der Waals surface area (Å²) in [5.74, 6) is -0.439. The Labute approximate surface area is 477 Å². The highest BCUT2D eigenvalue weighted by molar-refractivity contribution is 7.89. The van der Waals surface area contributed by atoms with Gasteiger partial charge in [-0.1, -0.05) is 88.4 Å². The Hall–Kier alpha value is -5.77. The first-order chi connectivity index (χ1) is 38.7. The van der Waals surface area contributed by atoms with Gasteiger partial charge in [0.2, 0.25) is 26.0 Å². The molecule has 0 spiro atoms. The van der Waals surface area contributed by atoms with Crippen molar-refractivity contribution in [2.45, 2.75) is 99.7 Å². The zero-order valence-electron chi connectivity index (χ0n) is 46.9. The number of ether oxygens (including phenoxy) is 7. The summed E-state index contributed by atoms with van der Waals surface area (Å²) in [4.78, 5) is 37.6.